The molecule has 1 fully saturated rings. The second-order valence-corrected chi connectivity index (χ2v) is 20.2. The van der Waals surface area contributed by atoms with Gasteiger partial charge in [0.1, 0.15) is 54.6 Å². The maximum Gasteiger partial charge on any atom is 0.335 e. The molecule has 0 bridgehead atoms. The van der Waals surface area contributed by atoms with Gasteiger partial charge in [0.2, 0.25) is 47.3 Å². The molecule has 1 aliphatic heterocycles. The molecular formula is C53H85ClN14O17. The number of nitrogens with one attached hydrogen (secondary N) is 9. The Kier molecular flexibility index (Phi) is 34.5. The number of alkyl halides is 1. The van der Waals surface area contributed by atoms with Gasteiger partial charge in [-0.15, -0.1) is 11.6 Å². The number of aliphatic hydroxyl groups excluding tert-OH is 4. The molecule has 1 heterocycles. The molecule has 0 radical (unpaired) electrons. The molecule has 0 aromatic heterocycles. The summed E-state index contributed by atoms with van der Waals surface area (Å²) < 4.78 is 5.28. The Morgan fingerprint density at radius 3 is 1.80 bits per heavy atom. The van der Waals surface area contributed by atoms with Crippen molar-refractivity contribution in [2.45, 2.75) is 170 Å². The highest BCUT2D eigenvalue weighted by molar-refractivity contribution is 6.18. The zero-order valence-electron chi connectivity index (χ0n) is 47.7. The molecule has 476 valence electrons. The van der Waals surface area contributed by atoms with Crippen LogP contribution in [-0.2, 0) is 63.9 Å². The van der Waals surface area contributed by atoms with Crippen molar-refractivity contribution in [2.75, 3.05) is 38.7 Å². The van der Waals surface area contributed by atoms with Crippen molar-refractivity contribution in [2.24, 2.45) is 27.9 Å². The summed E-state index contributed by atoms with van der Waals surface area (Å²) in [6.07, 6.45) is -1.24. The van der Waals surface area contributed by atoms with Crippen molar-refractivity contribution < 1.29 is 83.0 Å². The van der Waals surface area contributed by atoms with Crippen LogP contribution < -0.4 is 70.8 Å². The average molecular weight is 1230 g/mol. The third-order valence-electron chi connectivity index (χ3n) is 13.0. The topological polar surface area (TPSA) is 523 Å². The monoisotopic (exact) mass is 1220 g/mol. The van der Waals surface area contributed by atoms with E-state index in [4.69, 9.17) is 39.3 Å². The third-order valence-corrected chi connectivity index (χ3v) is 13.3. The van der Waals surface area contributed by atoms with Crippen molar-refractivity contribution in [3.8, 4) is 0 Å². The number of aliphatic hydroxyl groups is 4. The van der Waals surface area contributed by atoms with E-state index in [2.05, 4.69) is 49.1 Å². The van der Waals surface area contributed by atoms with Crippen LogP contribution in [0.15, 0.2) is 47.1 Å². The molecular weight excluding hydrogens is 1140 g/mol. The van der Waals surface area contributed by atoms with Crippen LogP contribution in [0.2, 0.25) is 0 Å². The Morgan fingerprint density at radius 2 is 1.26 bits per heavy atom. The molecule has 1 aromatic rings. The van der Waals surface area contributed by atoms with Gasteiger partial charge < -0.3 is 101 Å². The molecule has 0 aliphatic carbocycles. The predicted molar refractivity (Wildman–Crippen MR) is 306 cm³/mol. The van der Waals surface area contributed by atoms with Crippen molar-refractivity contribution >= 4 is 82.7 Å². The summed E-state index contributed by atoms with van der Waals surface area (Å²) in [6, 6.07) is -6.91. The normalized spacial score (nSPS) is 23.7. The number of hydrogen-bond acceptors (Lipinski definition) is 19. The molecule has 2 unspecified atom stereocenters. The van der Waals surface area contributed by atoms with Crippen LogP contribution >= 0.6 is 11.6 Å². The van der Waals surface area contributed by atoms with Crippen LogP contribution in [0, 0.1) is 0 Å². The van der Waals surface area contributed by atoms with Crippen LogP contribution in [-0.4, -0.2) is 202 Å². The number of halogens is 1. The van der Waals surface area contributed by atoms with Crippen LogP contribution in [0.3, 0.4) is 0 Å². The van der Waals surface area contributed by atoms with Crippen LogP contribution in [0.1, 0.15) is 103 Å². The van der Waals surface area contributed by atoms with Crippen LogP contribution in [0.5, 0.6) is 0 Å². The maximum atomic E-state index is 14.4. The van der Waals surface area contributed by atoms with Crippen molar-refractivity contribution in [1.82, 2.24) is 47.9 Å². The zero-order chi connectivity index (χ0) is 63.6. The molecule has 0 spiro atoms. The summed E-state index contributed by atoms with van der Waals surface area (Å²) in [5, 5.41) is 73.4. The smallest absolute Gasteiger partial charge is 0.335 e. The number of nitrogens with zero attached hydrogens (tertiary/aromatic N) is 1. The SMILES string of the molecule is CC/C=C1\NC(=O)[C@H](Cc2ccccc2)NC(=O)[C@H](CCCN=C(N)N)NC(=O)[C@H](CCN)NC(=O)[C@H](CCN)NC(=O)[C@H](CO)NC(=O)[C@@H](NC(=O)CC(O)CCCCCCCC)COC(=O)[C@H]([C@H](O)CCl)NC(=O)[C@@H](C(O)C(=O)O)NC1=O. The molecule has 32 heteroatoms. The first-order chi connectivity index (χ1) is 40.4. The highest BCUT2D eigenvalue weighted by Crippen LogP contribution is 2.13. The van der Waals surface area contributed by atoms with Gasteiger partial charge in [-0.2, -0.15) is 0 Å². The molecule has 2 rings (SSSR count). The van der Waals surface area contributed by atoms with Crippen molar-refractivity contribution in [1.29, 1.82) is 0 Å². The number of ether oxygens (including phenoxy) is 1. The number of rotatable bonds is 26. The van der Waals surface area contributed by atoms with Gasteiger partial charge in [-0.1, -0.05) is 88.8 Å². The van der Waals surface area contributed by atoms with Gasteiger partial charge >= 0.3 is 11.9 Å². The average Bonchev–Trinajstić information content (AvgIpc) is 3.59. The predicted octanol–water partition coefficient (Wildman–Crippen LogP) is -5.64. The number of carboxylic acid groups (broad SMARTS) is 1. The third kappa shape index (κ3) is 26.9. The van der Waals surface area contributed by atoms with Gasteiger partial charge in [-0.25, -0.2) is 9.59 Å². The highest BCUT2D eigenvalue weighted by atomic mass is 35.5. The standard InChI is InChI=1S/C53H85ClN14O17/c1-3-5-6-7-8-12-17-30(70)25-39(72)60-37-28-85-52(84)40(38(71)26-54)67-50(81)41(42(73)51(82)83)68-46(77)31(14-4-2)61-47(78)35(24-29-15-10-9-11-16-29)65-43(74)32(18-13-23-59-53(57)58)62-44(75)33(19-21-55)63-45(76)34(20-22-56)64-48(79)36(27-69)66-49(37)80/h9-11,14-16,30,32-38,40-42,69-71,73H,3-8,12-13,17-28,55-56H2,1-2H3,(H,60,72)(H,61,78)(H,62,75)(H,63,76)(H,64,79)(H,65,74)(H,66,80)(H,67,81)(H,68,77)(H,82,83)(H4,57,58,59)/b31-14-/t30?,32-,33-,34-,35-,36-,37-,38+,40-,41+,42?/m0/s1. The number of guanidine groups is 1. The summed E-state index contributed by atoms with van der Waals surface area (Å²) >= 11 is 5.89. The van der Waals surface area contributed by atoms with Gasteiger partial charge in [0, 0.05) is 13.0 Å². The number of carbonyl (C=O) groups excluding carboxylic acids is 10. The summed E-state index contributed by atoms with van der Waals surface area (Å²) in [5.41, 5.74) is 22.5. The van der Waals surface area contributed by atoms with Crippen molar-refractivity contribution in [3.05, 3.63) is 47.7 Å². The number of carbonyl (C=O) groups is 11. The van der Waals surface area contributed by atoms with E-state index in [9.17, 15) is 78.3 Å². The number of aliphatic imine (C=N–C) groups is 1. The largest absolute Gasteiger partial charge is 0.479 e. The summed E-state index contributed by atoms with van der Waals surface area (Å²) in [7, 11) is 0. The van der Waals surface area contributed by atoms with Crippen LogP contribution in [0.4, 0.5) is 0 Å². The first-order valence-electron chi connectivity index (χ1n) is 28.0. The summed E-state index contributed by atoms with van der Waals surface area (Å²) in [5.74, 6) is -15.6. The molecule has 0 saturated carbocycles. The highest BCUT2D eigenvalue weighted by Gasteiger charge is 2.40. The van der Waals surface area contributed by atoms with E-state index in [0.717, 1.165) is 38.2 Å². The van der Waals surface area contributed by atoms with Gasteiger partial charge in [-0.3, -0.25) is 48.1 Å². The lowest BCUT2D eigenvalue weighted by atomic mass is 10.0. The molecule has 31 nitrogen and oxygen atoms in total. The van der Waals surface area contributed by atoms with E-state index in [0.29, 0.717) is 12.0 Å². The minimum absolute atomic E-state index is 0.0173. The van der Waals surface area contributed by atoms with Gasteiger partial charge in [0.15, 0.2) is 18.1 Å². The Balaban J connectivity index is 2.85. The second-order valence-electron chi connectivity index (χ2n) is 19.9. The first-order valence-corrected chi connectivity index (χ1v) is 28.5. The van der Waals surface area contributed by atoms with E-state index in [1.807, 2.05) is 10.6 Å². The molecule has 22 N–H and O–H groups in total. The number of nitrogens with two attached hydrogens (primary N) is 4. The lowest BCUT2D eigenvalue weighted by molar-refractivity contribution is -0.155. The fourth-order valence-corrected chi connectivity index (χ4v) is 8.52. The number of aliphatic carboxylic acids is 1. The van der Waals surface area contributed by atoms with E-state index in [1.54, 1.807) is 30.3 Å². The van der Waals surface area contributed by atoms with E-state index in [1.165, 1.54) is 6.92 Å². The van der Waals surface area contributed by atoms with E-state index in [-0.39, 0.29) is 70.5 Å². The minimum Gasteiger partial charge on any atom is -0.479 e. The molecule has 9 amide bonds. The Hall–Kier alpha value is -7.55. The lowest BCUT2D eigenvalue weighted by Crippen LogP contribution is -2.62. The van der Waals surface area contributed by atoms with Gasteiger partial charge in [0.05, 0.1) is 31.1 Å². The fraction of sp³-hybridized carbons (Fsp3) is 0.623. The summed E-state index contributed by atoms with van der Waals surface area (Å²) in [6.45, 7) is 0.672. The quantitative estimate of drug-likeness (QED) is 0.0103. The molecule has 1 aromatic carbocycles. The molecule has 1 saturated heterocycles. The Labute approximate surface area is 496 Å². The number of unbranched alkanes of at least 4 members (excludes halogenated alkanes) is 5. The van der Waals surface area contributed by atoms with E-state index >= 15 is 0 Å². The van der Waals surface area contributed by atoms with Crippen molar-refractivity contribution in [3.63, 3.8) is 0 Å². The molecule has 1 aliphatic rings. The molecule has 11 atom stereocenters. The Morgan fingerprint density at radius 1 is 0.706 bits per heavy atom. The fourth-order valence-electron chi connectivity index (χ4n) is 8.34. The maximum absolute atomic E-state index is 14.4. The number of esters is 1. The van der Waals surface area contributed by atoms with Crippen LogP contribution in [0.25, 0.3) is 0 Å². The minimum atomic E-state index is -2.81. The number of carboxylic acids is 1. The number of amides is 9. The number of hydrogen-bond donors (Lipinski definition) is 18. The first kappa shape index (κ1) is 73.6. The number of benzene rings is 1. The number of allylic oxidation sites excluding steroid dienone is 1. The Bertz CT molecular complexity index is 2440. The summed E-state index contributed by atoms with van der Waals surface area (Å²) in [4.78, 5) is 156. The van der Waals surface area contributed by atoms with E-state index < -0.39 is 163 Å². The second kappa shape index (κ2) is 39.9. The number of cyclic esters (lactones) is 1. The molecule has 85 heavy (non-hydrogen) atoms. The van der Waals surface area contributed by atoms with Gasteiger partial charge in [0.25, 0.3) is 5.91 Å². The lowest BCUT2D eigenvalue weighted by Gasteiger charge is -2.28. The van der Waals surface area contributed by atoms with Gasteiger partial charge in [-0.05, 0) is 57.2 Å². The zero-order valence-corrected chi connectivity index (χ0v) is 48.5.